The molecular weight excluding hydrogens is 313 g/mol. The molecule has 0 spiro atoms. The van der Waals surface area contributed by atoms with Crippen molar-refractivity contribution in [3.8, 4) is 11.8 Å². The Kier molecular flexibility index (Phi) is 5.33. The summed E-state index contributed by atoms with van der Waals surface area (Å²) in [6.07, 6.45) is 1.58. The number of hydrogen-bond acceptors (Lipinski definition) is 2. The first-order valence-electron chi connectivity index (χ1n) is 5.19. The molecule has 0 saturated heterocycles. The number of hydrogen-bond donors (Lipinski definition) is 0. The van der Waals surface area contributed by atoms with Gasteiger partial charge in [0.1, 0.15) is 11.9 Å². The zero-order valence-electron chi connectivity index (χ0n) is 9.24. The molecule has 0 radical (unpaired) electrons. The second-order valence-electron chi connectivity index (χ2n) is 3.46. The highest BCUT2D eigenvalue weighted by Crippen LogP contribution is 2.23. The third-order valence-electron chi connectivity index (χ3n) is 2.19. The van der Waals surface area contributed by atoms with Crippen LogP contribution in [-0.2, 0) is 0 Å². The lowest BCUT2D eigenvalue weighted by Gasteiger charge is -2.18. The molecule has 0 bridgehead atoms. The molecule has 1 aromatic carbocycles. The van der Waals surface area contributed by atoms with Crippen LogP contribution in [0.4, 0.5) is 0 Å². The molecule has 84 valence electrons. The van der Waals surface area contributed by atoms with Crippen LogP contribution in [0, 0.1) is 14.9 Å². The van der Waals surface area contributed by atoms with E-state index in [-0.39, 0.29) is 6.10 Å². The maximum Gasteiger partial charge on any atom is 0.133 e. The van der Waals surface area contributed by atoms with E-state index in [2.05, 4.69) is 42.2 Å². The average Bonchev–Trinajstić information content (AvgIpc) is 2.30. The normalized spacial score (nSPS) is 11.6. The van der Waals surface area contributed by atoms with Crippen LogP contribution in [0.15, 0.2) is 36.4 Å². The summed E-state index contributed by atoms with van der Waals surface area (Å²) in [4.78, 5) is 0. The van der Waals surface area contributed by atoms with E-state index < -0.39 is 0 Å². The van der Waals surface area contributed by atoms with Crippen LogP contribution >= 0.6 is 22.6 Å². The van der Waals surface area contributed by atoms with Crippen molar-refractivity contribution in [1.82, 2.24) is 0 Å². The quantitative estimate of drug-likeness (QED) is 0.607. The zero-order chi connectivity index (χ0) is 12.0. The first kappa shape index (κ1) is 13.0. The maximum atomic E-state index is 8.85. The van der Waals surface area contributed by atoms with E-state index in [9.17, 15) is 0 Å². The van der Waals surface area contributed by atoms with Crippen LogP contribution in [0.2, 0.25) is 0 Å². The predicted octanol–water partition coefficient (Wildman–Crippen LogP) is 3.92. The number of rotatable bonds is 5. The van der Waals surface area contributed by atoms with E-state index in [1.807, 2.05) is 24.3 Å². The van der Waals surface area contributed by atoms with Gasteiger partial charge in [-0.1, -0.05) is 32.1 Å². The fourth-order valence-corrected chi connectivity index (χ4v) is 1.85. The molecule has 0 amide bonds. The second kappa shape index (κ2) is 6.54. The average molecular weight is 327 g/mol. The smallest absolute Gasteiger partial charge is 0.133 e. The van der Waals surface area contributed by atoms with Crippen LogP contribution < -0.4 is 4.74 Å². The van der Waals surface area contributed by atoms with Gasteiger partial charge in [0, 0.05) is 0 Å². The Bertz CT molecular complexity index is 409. The molecule has 1 rings (SSSR count). The molecule has 0 saturated carbocycles. The lowest BCUT2D eigenvalue weighted by Crippen LogP contribution is -2.18. The first-order valence-corrected chi connectivity index (χ1v) is 6.27. The van der Waals surface area contributed by atoms with Gasteiger partial charge in [0.2, 0.25) is 0 Å². The van der Waals surface area contributed by atoms with E-state index in [0.717, 1.165) is 22.2 Å². The van der Waals surface area contributed by atoms with Crippen molar-refractivity contribution in [2.75, 3.05) is 0 Å². The molecule has 3 heteroatoms. The molecule has 16 heavy (non-hydrogen) atoms. The summed E-state index contributed by atoms with van der Waals surface area (Å²) in [5.74, 6) is 0.818. The van der Waals surface area contributed by atoms with Gasteiger partial charge in [-0.05, 0) is 41.1 Å². The van der Waals surface area contributed by atoms with Crippen molar-refractivity contribution in [3.63, 3.8) is 0 Å². The van der Waals surface area contributed by atoms with Crippen molar-refractivity contribution in [1.29, 1.82) is 5.26 Å². The highest BCUT2D eigenvalue weighted by molar-refractivity contribution is 14.1. The van der Waals surface area contributed by atoms with E-state index in [1.165, 1.54) is 0 Å². The molecule has 0 aliphatic carbocycles. The summed E-state index contributed by atoms with van der Waals surface area (Å²) >= 11 is 2.22. The summed E-state index contributed by atoms with van der Waals surface area (Å²) in [5.41, 5.74) is 0.488. The minimum atomic E-state index is -0.203. The lowest BCUT2D eigenvalue weighted by molar-refractivity contribution is 0.228. The number of nitrogens with zero attached hydrogens (tertiary/aromatic N) is 1. The topological polar surface area (TPSA) is 33.0 Å². The summed E-state index contributed by atoms with van der Waals surface area (Å²) in [7, 11) is 0. The molecule has 0 aromatic heterocycles. The Morgan fingerprint density at radius 2 is 2.25 bits per heavy atom. The maximum absolute atomic E-state index is 8.85. The van der Waals surface area contributed by atoms with Gasteiger partial charge in [-0.15, -0.1) is 0 Å². The number of halogens is 1. The largest absolute Gasteiger partial charge is 0.484 e. The van der Waals surface area contributed by atoms with Crippen molar-refractivity contribution < 1.29 is 4.74 Å². The van der Waals surface area contributed by atoms with Gasteiger partial charge in [0.25, 0.3) is 0 Å². The molecule has 0 fully saturated rings. The summed E-state index contributed by atoms with van der Waals surface area (Å²) in [6, 6.07) is 9.85. The molecule has 0 aliphatic heterocycles. The molecule has 0 unspecified atom stereocenters. The zero-order valence-corrected chi connectivity index (χ0v) is 11.4. The highest BCUT2D eigenvalue weighted by atomic mass is 127. The molecule has 1 atom stereocenters. The first-order chi connectivity index (χ1) is 7.69. The van der Waals surface area contributed by atoms with Gasteiger partial charge in [0.05, 0.1) is 15.2 Å². The molecule has 0 heterocycles. The minimum absolute atomic E-state index is 0.203. The predicted molar refractivity (Wildman–Crippen MR) is 73.2 cm³/mol. The standard InChI is InChI=1S/C13H14INO/c1-3-6-12(10(2)9-15)16-13-8-5-4-7-11(13)14/h4-5,7-8,12H,2-3,6H2,1H3/t12-/m0/s1. The van der Waals surface area contributed by atoms with Crippen molar-refractivity contribution in [2.24, 2.45) is 0 Å². The highest BCUT2D eigenvalue weighted by Gasteiger charge is 2.14. The van der Waals surface area contributed by atoms with Crippen LogP contribution in [0.5, 0.6) is 5.75 Å². The van der Waals surface area contributed by atoms with Crippen LogP contribution in [0.1, 0.15) is 19.8 Å². The summed E-state index contributed by atoms with van der Waals surface area (Å²) < 4.78 is 6.86. The summed E-state index contributed by atoms with van der Waals surface area (Å²) in [5, 5.41) is 8.85. The van der Waals surface area contributed by atoms with Crippen molar-refractivity contribution >= 4 is 22.6 Å². The van der Waals surface area contributed by atoms with E-state index >= 15 is 0 Å². The number of benzene rings is 1. The molecular formula is C13H14INO. The SMILES string of the molecule is C=C(C#N)[C@H](CCC)Oc1ccccc1I. The fourth-order valence-electron chi connectivity index (χ4n) is 1.33. The molecule has 0 N–H and O–H groups in total. The Morgan fingerprint density at radius 3 is 2.81 bits per heavy atom. The van der Waals surface area contributed by atoms with Gasteiger partial charge in [-0.25, -0.2) is 0 Å². The van der Waals surface area contributed by atoms with Crippen LogP contribution in [0.25, 0.3) is 0 Å². The van der Waals surface area contributed by atoms with E-state index in [0.29, 0.717) is 5.57 Å². The van der Waals surface area contributed by atoms with Gasteiger partial charge in [0.15, 0.2) is 0 Å². The number of ether oxygens (including phenoxy) is 1. The van der Waals surface area contributed by atoms with Gasteiger partial charge in [-0.2, -0.15) is 5.26 Å². The van der Waals surface area contributed by atoms with Crippen LogP contribution in [-0.4, -0.2) is 6.10 Å². The fraction of sp³-hybridized carbons (Fsp3) is 0.308. The van der Waals surface area contributed by atoms with Crippen LogP contribution in [0.3, 0.4) is 0 Å². The van der Waals surface area contributed by atoms with E-state index in [1.54, 1.807) is 0 Å². The van der Waals surface area contributed by atoms with Crippen molar-refractivity contribution in [3.05, 3.63) is 40.0 Å². The number of para-hydroxylation sites is 1. The van der Waals surface area contributed by atoms with Gasteiger partial charge in [-0.3, -0.25) is 0 Å². The monoisotopic (exact) mass is 327 g/mol. The molecule has 0 aliphatic rings. The summed E-state index contributed by atoms with van der Waals surface area (Å²) in [6.45, 7) is 5.80. The number of nitriles is 1. The second-order valence-corrected chi connectivity index (χ2v) is 4.62. The Labute approximate surface area is 110 Å². The minimum Gasteiger partial charge on any atom is -0.484 e. The third-order valence-corrected chi connectivity index (χ3v) is 3.08. The Hall–Kier alpha value is -1.02. The molecule has 2 nitrogen and oxygen atoms in total. The third kappa shape index (κ3) is 3.53. The molecule has 1 aromatic rings. The van der Waals surface area contributed by atoms with E-state index in [4.69, 9.17) is 10.00 Å². The Morgan fingerprint density at radius 1 is 1.56 bits per heavy atom. The lowest BCUT2D eigenvalue weighted by atomic mass is 10.1. The van der Waals surface area contributed by atoms with Crippen molar-refractivity contribution in [2.45, 2.75) is 25.9 Å². The Balaban J connectivity index is 2.80. The van der Waals surface area contributed by atoms with Gasteiger partial charge >= 0.3 is 0 Å². The van der Waals surface area contributed by atoms with Gasteiger partial charge < -0.3 is 4.74 Å².